The number of carbonyl (C=O) groups is 1. The Hall–Kier alpha value is -2.59. The number of allylic oxidation sites excluding steroid dienone is 1. The van der Waals surface area contributed by atoms with Crippen LogP contribution in [0.3, 0.4) is 0 Å². The van der Waals surface area contributed by atoms with Crippen molar-refractivity contribution in [2.45, 2.75) is 63.8 Å². The number of hydrogen-bond acceptors (Lipinski definition) is 4. The first kappa shape index (κ1) is 22.6. The first-order valence-electron chi connectivity index (χ1n) is 11.5. The molecule has 1 saturated heterocycles. The van der Waals surface area contributed by atoms with Crippen molar-refractivity contribution in [3.63, 3.8) is 0 Å². The van der Waals surface area contributed by atoms with E-state index >= 15 is 0 Å². The molecule has 1 aliphatic carbocycles. The lowest BCUT2D eigenvalue weighted by atomic mass is 9.68. The van der Waals surface area contributed by atoms with E-state index in [0.717, 1.165) is 48.4 Å². The number of hydrogen-bond donors (Lipinski definition) is 0. The molecule has 0 spiro atoms. The fourth-order valence-corrected chi connectivity index (χ4v) is 5.27. The summed E-state index contributed by atoms with van der Waals surface area (Å²) >= 11 is 0. The van der Waals surface area contributed by atoms with E-state index in [-0.39, 0.29) is 22.8 Å². The molecule has 4 nitrogen and oxygen atoms in total. The number of aryl methyl sites for hydroxylation is 1. The molecule has 1 aliphatic heterocycles. The predicted octanol–water partition coefficient (Wildman–Crippen LogP) is 5.78. The normalized spacial score (nSPS) is 23.4. The lowest BCUT2D eigenvalue weighted by molar-refractivity contribution is 0.0593. The van der Waals surface area contributed by atoms with E-state index in [4.69, 9.17) is 9.47 Å². The van der Waals surface area contributed by atoms with Crippen LogP contribution in [-0.2, 0) is 15.6 Å². The van der Waals surface area contributed by atoms with Crippen LogP contribution in [0.25, 0.3) is 0 Å². The summed E-state index contributed by atoms with van der Waals surface area (Å²) in [5.41, 5.74) is 4.30. The monoisotopic (exact) mass is 433 g/mol. The van der Waals surface area contributed by atoms with Crippen molar-refractivity contribution in [1.29, 1.82) is 0 Å². The minimum absolute atomic E-state index is 0.0109. The van der Waals surface area contributed by atoms with E-state index < -0.39 is 0 Å². The zero-order valence-corrected chi connectivity index (χ0v) is 20.2. The summed E-state index contributed by atoms with van der Waals surface area (Å²) in [5, 5.41) is 0. The molecule has 0 radical (unpaired) electrons. The fourth-order valence-electron chi connectivity index (χ4n) is 5.27. The Morgan fingerprint density at radius 3 is 2.59 bits per heavy atom. The van der Waals surface area contributed by atoms with Crippen LogP contribution in [0.4, 0.5) is 0 Å². The van der Waals surface area contributed by atoms with E-state index in [1.54, 1.807) is 7.11 Å². The second-order valence-electron chi connectivity index (χ2n) is 10.4. The molecule has 4 heteroatoms. The number of carbonyl (C=O) groups excluding carboxylic acids is 1. The Bertz CT molecular complexity index is 1050. The average molecular weight is 434 g/mol. The minimum Gasteiger partial charge on any atom is -0.496 e. The van der Waals surface area contributed by atoms with Gasteiger partial charge in [-0.3, -0.25) is 4.90 Å². The van der Waals surface area contributed by atoms with Crippen molar-refractivity contribution in [2.75, 3.05) is 20.7 Å². The van der Waals surface area contributed by atoms with E-state index in [1.807, 2.05) is 18.2 Å². The molecule has 2 aliphatic rings. The van der Waals surface area contributed by atoms with Crippen molar-refractivity contribution in [3.05, 3.63) is 76.6 Å². The molecular formula is C28H35NO3. The van der Waals surface area contributed by atoms with Crippen LogP contribution in [0, 0.1) is 6.92 Å². The molecule has 2 aromatic carbocycles. The molecule has 0 saturated carbocycles. The Kier molecular flexibility index (Phi) is 5.93. The first-order chi connectivity index (χ1) is 15.1. The zero-order valence-electron chi connectivity index (χ0n) is 20.2. The highest BCUT2D eigenvalue weighted by Gasteiger charge is 2.48. The molecular weight excluding hydrogens is 398 g/mol. The maximum atomic E-state index is 12.9. The standard InChI is InChI=1S/C28H35NO3/c1-19-16-22(10-11-24(19)31-6)28-13-12-23(18-25(28)29(5)15-14-28)32-26(30)20-8-7-9-21(17-20)27(2,3)4/h7-11,16-18,25H,12-15H2,1-6H3/t25-,28-/m0/s1. The number of rotatable bonds is 4. The van der Waals surface area contributed by atoms with E-state index in [2.05, 4.69) is 70.0 Å². The Morgan fingerprint density at radius 2 is 1.91 bits per heavy atom. The number of likely N-dealkylation sites (N-methyl/N-ethyl adjacent to an activating group) is 1. The number of esters is 1. The van der Waals surface area contributed by atoms with Gasteiger partial charge in [0.15, 0.2) is 0 Å². The summed E-state index contributed by atoms with van der Waals surface area (Å²) in [7, 11) is 3.88. The van der Waals surface area contributed by atoms with Crippen molar-refractivity contribution in [2.24, 2.45) is 0 Å². The second kappa shape index (κ2) is 8.40. The third-order valence-corrected chi connectivity index (χ3v) is 7.27. The van der Waals surface area contributed by atoms with Crippen LogP contribution in [0.1, 0.15) is 67.1 Å². The molecule has 2 atom stereocenters. The van der Waals surface area contributed by atoms with Crippen molar-refractivity contribution < 1.29 is 14.3 Å². The third kappa shape index (κ3) is 4.09. The number of fused-ring (bicyclic) bond motifs is 1. The maximum absolute atomic E-state index is 12.9. The molecule has 0 unspecified atom stereocenters. The first-order valence-corrected chi connectivity index (χ1v) is 11.5. The number of ether oxygens (including phenoxy) is 2. The van der Waals surface area contributed by atoms with Gasteiger partial charge in [-0.25, -0.2) is 4.79 Å². The van der Waals surface area contributed by atoms with Gasteiger partial charge in [0.05, 0.1) is 12.7 Å². The minimum atomic E-state index is -0.268. The van der Waals surface area contributed by atoms with E-state index in [0.29, 0.717) is 5.56 Å². The van der Waals surface area contributed by atoms with Crippen LogP contribution in [0.2, 0.25) is 0 Å². The van der Waals surface area contributed by atoms with E-state index in [9.17, 15) is 4.79 Å². The van der Waals surface area contributed by atoms with Crippen molar-refractivity contribution in [1.82, 2.24) is 4.90 Å². The van der Waals surface area contributed by atoms with Crippen LogP contribution in [0.5, 0.6) is 5.75 Å². The molecule has 32 heavy (non-hydrogen) atoms. The summed E-state index contributed by atoms with van der Waals surface area (Å²) in [4.78, 5) is 15.3. The lowest BCUT2D eigenvalue weighted by Crippen LogP contribution is -2.42. The molecule has 1 fully saturated rings. The summed E-state index contributed by atoms with van der Waals surface area (Å²) < 4.78 is 11.4. The SMILES string of the molecule is COc1ccc([C@@]23CCC(OC(=O)c4cccc(C(C)(C)C)c4)=C[C@@H]2N(C)CC3)cc1C. The van der Waals surface area contributed by atoms with Gasteiger partial charge in [0.2, 0.25) is 0 Å². The number of nitrogens with zero attached hydrogens (tertiary/aromatic N) is 1. The highest BCUT2D eigenvalue weighted by Crippen LogP contribution is 2.48. The molecule has 0 bridgehead atoms. The van der Waals surface area contributed by atoms with Gasteiger partial charge in [-0.15, -0.1) is 0 Å². The van der Waals surface area contributed by atoms with Gasteiger partial charge in [0.25, 0.3) is 0 Å². The summed E-state index contributed by atoms with van der Waals surface area (Å²) in [6.45, 7) is 9.58. The average Bonchev–Trinajstić information content (AvgIpc) is 3.10. The second-order valence-corrected chi connectivity index (χ2v) is 10.4. The van der Waals surface area contributed by atoms with Crippen LogP contribution in [0.15, 0.2) is 54.3 Å². The predicted molar refractivity (Wildman–Crippen MR) is 128 cm³/mol. The molecule has 4 rings (SSSR count). The van der Waals surface area contributed by atoms with Gasteiger partial charge >= 0.3 is 5.97 Å². The van der Waals surface area contributed by atoms with Crippen LogP contribution in [-0.4, -0.2) is 37.6 Å². The van der Waals surface area contributed by atoms with E-state index in [1.165, 1.54) is 5.56 Å². The fraction of sp³-hybridized carbons (Fsp3) is 0.464. The number of likely N-dealkylation sites (tertiary alicyclic amines) is 1. The van der Waals surface area contributed by atoms with Crippen LogP contribution >= 0.6 is 0 Å². The summed E-state index contributed by atoms with van der Waals surface area (Å²) in [5.74, 6) is 1.44. The summed E-state index contributed by atoms with van der Waals surface area (Å²) in [6, 6.07) is 14.6. The number of methoxy groups -OCH3 is 1. The largest absolute Gasteiger partial charge is 0.496 e. The highest BCUT2D eigenvalue weighted by atomic mass is 16.5. The highest BCUT2D eigenvalue weighted by molar-refractivity contribution is 5.90. The molecule has 0 aromatic heterocycles. The Morgan fingerprint density at radius 1 is 1.12 bits per heavy atom. The zero-order chi connectivity index (χ0) is 23.1. The van der Waals surface area contributed by atoms with Crippen LogP contribution < -0.4 is 4.74 Å². The summed E-state index contributed by atoms with van der Waals surface area (Å²) in [6.07, 6.45) is 5.02. The van der Waals surface area contributed by atoms with Gasteiger partial charge < -0.3 is 9.47 Å². The maximum Gasteiger partial charge on any atom is 0.343 e. The van der Waals surface area contributed by atoms with Gasteiger partial charge in [-0.1, -0.05) is 45.0 Å². The Labute approximate surface area is 192 Å². The quantitative estimate of drug-likeness (QED) is 0.573. The topological polar surface area (TPSA) is 38.8 Å². The van der Waals surface area contributed by atoms with Gasteiger partial charge in [-0.05, 0) is 79.7 Å². The molecule has 1 heterocycles. The number of benzene rings is 2. The van der Waals surface area contributed by atoms with Crippen molar-refractivity contribution >= 4 is 5.97 Å². The molecule has 170 valence electrons. The third-order valence-electron chi connectivity index (χ3n) is 7.27. The van der Waals surface area contributed by atoms with Gasteiger partial charge in [-0.2, -0.15) is 0 Å². The molecule has 2 aromatic rings. The van der Waals surface area contributed by atoms with Crippen molar-refractivity contribution in [3.8, 4) is 5.75 Å². The van der Waals surface area contributed by atoms with Gasteiger partial charge in [0.1, 0.15) is 11.5 Å². The smallest absolute Gasteiger partial charge is 0.343 e. The molecule has 0 N–H and O–H groups in total. The molecule has 0 amide bonds. The lowest BCUT2D eigenvalue weighted by Gasteiger charge is -2.40. The van der Waals surface area contributed by atoms with Gasteiger partial charge in [0, 0.05) is 17.9 Å². The Balaban J connectivity index is 1.59.